The molecule has 0 bridgehead atoms. The van der Waals surface area contributed by atoms with Crippen molar-refractivity contribution in [3.05, 3.63) is 65.7 Å². The Hall–Kier alpha value is -1.33. The number of rotatable bonds is 0. The summed E-state index contributed by atoms with van der Waals surface area (Å²) in [5.74, 6) is 0. The molecule has 0 radical (unpaired) electrons. The summed E-state index contributed by atoms with van der Waals surface area (Å²) in [7, 11) is 0. The second kappa shape index (κ2) is 3.83. The van der Waals surface area contributed by atoms with Crippen LogP contribution in [0.2, 0.25) is 0 Å². The maximum absolute atomic E-state index is 2.27. The fourth-order valence-corrected chi connectivity index (χ4v) is 3.75. The van der Waals surface area contributed by atoms with Gasteiger partial charge < -0.3 is 0 Å². The number of allylic oxidation sites excluding steroid dienone is 1. The molecule has 0 saturated heterocycles. The normalized spacial score (nSPS) is 13.6. The number of hydrogen-bond acceptors (Lipinski definition) is 0. The van der Waals surface area contributed by atoms with Gasteiger partial charge in [0, 0.05) is 0 Å². The first-order valence-electron chi connectivity index (χ1n) is 6.07. The van der Waals surface area contributed by atoms with Crippen LogP contribution in [0.3, 0.4) is 0 Å². The van der Waals surface area contributed by atoms with E-state index in [1.54, 1.807) is 0 Å². The standard InChI is InChI=1S/C17H10.Zr/c1-3-8-14-12(6-1)13-7-2-4-9-15(13)17-11-5-10-16(14)17;/h1-10H;/q;+2. The Morgan fingerprint density at radius 2 is 1.17 bits per heavy atom. The average Bonchev–Trinajstić information content (AvgIpc) is 2.82. The molecule has 0 heterocycles. The van der Waals surface area contributed by atoms with Crippen LogP contribution in [0.4, 0.5) is 0 Å². The Balaban J connectivity index is 2.38. The molecule has 0 atom stereocenters. The third-order valence-corrected chi connectivity index (χ3v) is 4.68. The molecule has 0 amide bonds. The van der Waals surface area contributed by atoms with Crippen molar-refractivity contribution in [3.8, 4) is 0 Å². The molecular formula is C17H10Zr+2. The van der Waals surface area contributed by atoms with Gasteiger partial charge in [0.2, 0.25) is 0 Å². The van der Waals surface area contributed by atoms with Gasteiger partial charge in [0.1, 0.15) is 0 Å². The zero-order valence-corrected chi connectivity index (χ0v) is 12.2. The molecule has 1 heteroatoms. The van der Waals surface area contributed by atoms with Crippen LogP contribution >= 0.6 is 0 Å². The fourth-order valence-electron chi connectivity index (χ4n) is 2.88. The SMILES string of the molecule is [Zr+2]=[C]1C=Cc2c1c1ccccc1c1ccccc21. The van der Waals surface area contributed by atoms with Crippen molar-refractivity contribution in [1.82, 2.24) is 0 Å². The van der Waals surface area contributed by atoms with Crippen LogP contribution in [0.1, 0.15) is 11.1 Å². The molecule has 4 rings (SSSR count). The Bertz CT molecular complexity index is 841. The van der Waals surface area contributed by atoms with Gasteiger partial charge in [0.15, 0.2) is 0 Å². The van der Waals surface area contributed by atoms with Crippen molar-refractivity contribution >= 4 is 30.8 Å². The van der Waals surface area contributed by atoms with Crippen molar-refractivity contribution in [1.29, 1.82) is 0 Å². The zero-order valence-electron chi connectivity index (χ0n) is 9.77. The van der Waals surface area contributed by atoms with Crippen LogP contribution in [0, 0.1) is 0 Å². The van der Waals surface area contributed by atoms with E-state index >= 15 is 0 Å². The van der Waals surface area contributed by atoms with Crippen molar-refractivity contribution < 1.29 is 24.2 Å². The van der Waals surface area contributed by atoms with Gasteiger partial charge in [-0.3, -0.25) is 0 Å². The minimum atomic E-state index is 1.36. The Labute approximate surface area is 120 Å². The van der Waals surface area contributed by atoms with Gasteiger partial charge in [-0.05, 0) is 0 Å². The molecule has 18 heavy (non-hydrogen) atoms. The van der Waals surface area contributed by atoms with Gasteiger partial charge in [-0.1, -0.05) is 0 Å². The van der Waals surface area contributed by atoms with Crippen molar-refractivity contribution in [2.45, 2.75) is 0 Å². The van der Waals surface area contributed by atoms with Crippen LogP contribution in [0.25, 0.3) is 27.6 Å². The predicted molar refractivity (Wildman–Crippen MR) is 74.6 cm³/mol. The van der Waals surface area contributed by atoms with Gasteiger partial charge in [0.05, 0.1) is 0 Å². The summed E-state index contributed by atoms with van der Waals surface area (Å²) in [4.78, 5) is 0. The fraction of sp³-hybridized carbons (Fsp3) is 0. The first kappa shape index (κ1) is 10.6. The van der Waals surface area contributed by atoms with E-state index in [0.29, 0.717) is 0 Å². The molecule has 1 aliphatic rings. The maximum atomic E-state index is 2.27. The molecular weight excluding hydrogens is 295 g/mol. The quantitative estimate of drug-likeness (QED) is 0.549. The summed E-state index contributed by atoms with van der Waals surface area (Å²) in [6, 6.07) is 17.5. The molecule has 0 unspecified atom stereocenters. The average molecular weight is 305 g/mol. The van der Waals surface area contributed by atoms with Crippen LogP contribution in [-0.4, -0.2) is 3.21 Å². The monoisotopic (exact) mass is 304 g/mol. The number of hydrogen-bond donors (Lipinski definition) is 0. The van der Waals surface area contributed by atoms with E-state index < -0.39 is 0 Å². The summed E-state index contributed by atoms with van der Waals surface area (Å²) in [5.41, 5.74) is 2.85. The first-order chi connectivity index (χ1) is 8.86. The number of fused-ring (bicyclic) bond motifs is 6. The van der Waals surface area contributed by atoms with E-state index in [2.05, 4.69) is 60.7 Å². The first-order valence-corrected chi connectivity index (χ1v) is 7.29. The van der Waals surface area contributed by atoms with Crippen molar-refractivity contribution in [2.75, 3.05) is 0 Å². The summed E-state index contributed by atoms with van der Waals surface area (Å²) < 4.78 is 1.46. The molecule has 0 aliphatic heterocycles. The molecule has 0 aromatic heterocycles. The predicted octanol–water partition coefficient (Wildman–Crippen LogP) is 4.09. The van der Waals surface area contributed by atoms with Crippen LogP contribution in [-0.2, 0) is 24.2 Å². The molecule has 0 fully saturated rings. The Morgan fingerprint density at radius 1 is 0.611 bits per heavy atom. The summed E-state index contributed by atoms with van der Waals surface area (Å²) in [6.45, 7) is 0. The zero-order chi connectivity index (χ0) is 12.1. The molecule has 0 nitrogen and oxygen atoms in total. The van der Waals surface area contributed by atoms with Gasteiger partial charge in [-0.15, -0.1) is 0 Å². The molecule has 1 aliphatic carbocycles. The van der Waals surface area contributed by atoms with E-state index in [0.717, 1.165) is 0 Å². The van der Waals surface area contributed by atoms with Gasteiger partial charge in [-0.25, -0.2) is 0 Å². The third kappa shape index (κ3) is 1.32. The minimum absolute atomic E-state index is 1.36. The summed E-state index contributed by atoms with van der Waals surface area (Å²) >= 11 is 1.49. The topological polar surface area (TPSA) is 0 Å². The summed E-state index contributed by atoms with van der Waals surface area (Å²) in [5, 5.41) is 5.50. The van der Waals surface area contributed by atoms with E-state index in [9.17, 15) is 0 Å². The Kier molecular flexibility index (Phi) is 2.25. The second-order valence-corrected chi connectivity index (χ2v) is 5.95. The number of benzene rings is 3. The van der Waals surface area contributed by atoms with Crippen molar-refractivity contribution in [3.63, 3.8) is 0 Å². The van der Waals surface area contributed by atoms with Crippen LogP contribution < -0.4 is 0 Å². The molecule has 0 spiro atoms. The van der Waals surface area contributed by atoms with Gasteiger partial charge >= 0.3 is 121 Å². The van der Waals surface area contributed by atoms with Crippen molar-refractivity contribution in [2.24, 2.45) is 0 Å². The van der Waals surface area contributed by atoms with E-state index in [-0.39, 0.29) is 0 Å². The summed E-state index contributed by atoms with van der Waals surface area (Å²) in [6.07, 6.45) is 4.54. The van der Waals surface area contributed by atoms with Gasteiger partial charge in [-0.2, -0.15) is 0 Å². The van der Waals surface area contributed by atoms with E-state index in [1.165, 1.54) is 60.1 Å². The molecule has 3 aromatic carbocycles. The van der Waals surface area contributed by atoms with E-state index in [1.807, 2.05) is 0 Å². The molecule has 0 saturated carbocycles. The van der Waals surface area contributed by atoms with E-state index in [4.69, 9.17) is 0 Å². The second-order valence-electron chi connectivity index (χ2n) is 4.63. The molecule has 0 N–H and O–H groups in total. The molecule has 3 aromatic rings. The van der Waals surface area contributed by atoms with Crippen LogP contribution in [0.15, 0.2) is 54.6 Å². The third-order valence-electron chi connectivity index (χ3n) is 3.66. The van der Waals surface area contributed by atoms with Gasteiger partial charge in [0.25, 0.3) is 0 Å². The molecule has 80 valence electrons. The van der Waals surface area contributed by atoms with Crippen LogP contribution in [0.5, 0.6) is 0 Å². The Morgan fingerprint density at radius 3 is 1.89 bits per heavy atom.